The first-order valence-electron chi connectivity index (χ1n) is 8.90. The Morgan fingerprint density at radius 1 is 1.11 bits per heavy atom. The van der Waals surface area contributed by atoms with E-state index in [0.717, 1.165) is 21.5 Å². The molecular weight excluding hydrogens is 374 g/mol. The van der Waals surface area contributed by atoms with Gasteiger partial charge in [-0.25, -0.2) is 9.97 Å². The summed E-state index contributed by atoms with van der Waals surface area (Å²) in [5.41, 5.74) is 1.82. The van der Waals surface area contributed by atoms with Crippen LogP contribution in [0.5, 0.6) is 11.5 Å². The number of nitrogens with zero attached hydrogens (tertiary/aromatic N) is 2. The number of hydrogen-bond donors (Lipinski definition) is 1. The largest absolute Gasteiger partial charge is 0.493 e. The van der Waals surface area contributed by atoms with Crippen LogP contribution < -0.4 is 14.8 Å². The van der Waals surface area contributed by atoms with Crippen molar-refractivity contribution < 1.29 is 14.3 Å². The number of carbonyl (C=O) groups excluding carboxylic acids is 1. The molecule has 1 aromatic heterocycles. The van der Waals surface area contributed by atoms with Gasteiger partial charge in [0.2, 0.25) is 5.91 Å². The maximum absolute atomic E-state index is 12.6. The molecule has 0 aliphatic carbocycles. The summed E-state index contributed by atoms with van der Waals surface area (Å²) in [6.45, 7) is 4.15. The van der Waals surface area contributed by atoms with E-state index in [0.29, 0.717) is 23.9 Å². The summed E-state index contributed by atoms with van der Waals surface area (Å²) in [5.74, 6) is 1.94. The lowest BCUT2D eigenvalue weighted by Gasteiger charge is -2.14. The number of nitrogens with one attached hydrogen (secondary N) is 1. The third-order valence-corrected chi connectivity index (χ3v) is 5.35. The summed E-state index contributed by atoms with van der Waals surface area (Å²) in [6.07, 6.45) is 0. The van der Waals surface area contributed by atoms with Crippen LogP contribution in [0, 0.1) is 6.92 Å². The zero-order chi connectivity index (χ0) is 20.1. The molecule has 0 bridgehead atoms. The van der Waals surface area contributed by atoms with Gasteiger partial charge in [-0.1, -0.05) is 36.0 Å². The van der Waals surface area contributed by atoms with Gasteiger partial charge in [-0.05, 0) is 37.6 Å². The van der Waals surface area contributed by atoms with E-state index in [-0.39, 0.29) is 11.2 Å². The molecule has 7 heteroatoms. The van der Waals surface area contributed by atoms with Crippen molar-refractivity contribution in [3.8, 4) is 11.5 Å². The number of aryl methyl sites for hydroxylation is 1. The first kappa shape index (κ1) is 19.9. The molecule has 0 unspecified atom stereocenters. The molecule has 0 fully saturated rings. The SMILES string of the molecule is COc1ccc(CNC(=O)[C@H](C)Sc2nc(C)nc3ccccc23)cc1OC. The van der Waals surface area contributed by atoms with Crippen LogP contribution >= 0.6 is 11.8 Å². The summed E-state index contributed by atoms with van der Waals surface area (Å²) in [4.78, 5) is 21.6. The molecule has 1 amide bonds. The summed E-state index contributed by atoms with van der Waals surface area (Å²) < 4.78 is 10.5. The first-order valence-corrected chi connectivity index (χ1v) is 9.78. The second kappa shape index (κ2) is 8.93. The number of benzene rings is 2. The van der Waals surface area contributed by atoms with Crippen LogP contribution in [0.3, 0.4) is 0 Å². The molecule has 0 radical (unpaired) electrons. The highest BCUT2D eigenvalue weighted by molar-refractivity contribution is 8.00. The standard InChI is InChI=1S/C21H23N3O3S/c1-13(28-21-16-7-5-6-8-17(16)23-14(2)24-21)20(25)22-12-15-9-10-18(26-3)19(11-15)27-4/h5-11,13H,12H2,1-4H3,(H,22,25)/t13-/m0/s1. The van der Waals surface area contributed by atoms with Crippen LogP contribution in [0.15, 0.2) is 47.5 Å². The molecule has 0 saturated carbocycles. The van der Waals surface area contributed by atoms with E-state index in [1.807, 2.05) is 56.3 Å². The van der Waals surface area contributed by atoms with E-state index in [2.05, 4.69) is 15.3 Å². The summed E-state index contributed by atoms with van der Waals surface area (Å²) in [5, 5.41) is 4.45. The second-order valence-corrected chi connectivity index (χ2v) is 7.59. The lowest BCUT2D eigenvalue weighted by atomic mass is 10.2. The predicted molar refractivity (Wildman–Crippen MR) is 111 cm³/mol. The number of carbonyl (C=O) groups is 1. The molecule has 146 valence electrons. The smallest absolute Gasteiger partial charge is 0.233 e. The molecule has 1 heterocycles. The molecule has 1 atom stereocenters. The van der Waals surface area contributed by atoms with Crippen molar-refractivity contribution in [3.05, 3.63) is 53.9 Å². The van der Waals surface area contributed by atoms with Gasteiger partial charge < -0.3 is 14.8 Å². The fourth-order valence-corrected chi connectivity index (χ4v) is 3.80. The molecule has 28 heavy (non-hydrogen) atoms. The van der Waals surface area contributed by atoms with E-state index in [1.165, 1.54) is 11.8 Å². The fraction of sp³-hybridized carbons (Fsp3) is 0.286. The highest BCUT2D eigenvalue weighted by Crippen LogP contribution is 2.29. The van der Waals surface area contributed by atoms with Gasteiger partial charge >= 0.3 is 0 Å². The lowest BCUT2D eigenvalue weighted by Crippen LogP contribution is -2.30. The minimum Gasteiger partial charge on any atom is -0.493 e. The monoisotopic (exact) mass is 397 g/mol. The molecule has 0 saturated heterocycles. The van der Waals surface area contributed by atoms with E-state index in [4.69, 9.17) is 9.47 Å². The van der Waals surface area contributed by atoms with Gasteiger partial charge in [-0.2, -0.15) is 0 Å². The van der Waals surface area contributed by atoms with Crippen molar-refractivity contribution >= 4 is 28.6 Å². The molecule has 3 aromatic rings. The third kappa shape index (κ3) is 4.54. The van der Waals surface area contributed by atoms with Crippen LogP contribution in [-0.2, 0) is 11.3 Å². The van der Waals surface area contributed by atoms with Crippen LogP contribution in [-0.4, -0.2) is 35.3 Å². The molecular formula is C21H23N3O3S. The molecule has 2 aromatic carbocycles. The Morgan fingerprint density at radius 2 is 1.86 bits per heavy atom. The number of aromatic nitrogens is 2. The molecule has 3 rings (SSSR count). The number of ether oxygens (including phenoxy) is 2. The molecule has 0 aliphatic heterocycles. The van der Waals surface area contributed by atoms with Crippen molar-refractivity contribution in [2.75, 3.05) is 14.2 Å². The normalized spacial score (nSPS) is 11.9. The molecule has 0 spiro atoms. The van der Waals surface area contributed by atoms with Gasteiger partial charge in [0.05, 0.1) is 25.0 Å². The van der Waals surface area contributed by atoms with Crippen LogP contribution in [0.25, 0.3) is 10.9 Å². The van der Waals surface area contributed by atoms with Gasteiger partial charge in [0, 0.05) is 11.9 Å². The Bertz CT molecular complexity index is 994. The summed E-state index contributed by atoms with van der Waals surface area (Å²) >= 11 is 1.44. The highest BCUT2D eigenvalue weighted by Gasteiger charge is 2.17. The first-order chi connectivity index (χ1) is 13.5. The van der Waals surface area contributed by atoms with Gasteiger partial charge in [0.15, 0.2) is 11.5 Å². The van der Waals surface area contributed by atoms with Crippen LogP contribution in [0.2, 0.25) is 0 Å². The molecule has 1 N–H and O–H groups in total. The molecule has 6 nitrogen and oxygen atoms in total. The van der Waals surface area contributed by atoms with Crippen molar-refractivity contribution in [1.29, 1.82) is 0 Å². The Balaban J connectivity index is 1.67. The Kier molecular flexibility index (Phi) is 6.36. The number of para-hydroxylation sites is 1. The number of fused-ring (bicyclic) bond motifs is 1. The van der Waals surface area contributed by atoms with Gasteiger partial charge in [-0.3, -0.25) is 4.79 Å². The number of amides is 1. The van der Waals surface area contributed by atoms with E-state index >= 15 is 0 Å². The second-order valence-electron chi connectivity index (χ2n) is 6.26. The quantitative estimate of drug-likeness (QED) is 0.483. The minimum atomic E-state index is -0.294. The van der Waals surface area contributed by atoms with Crippen LogP contribution in [0.4, 0.5) is 0 Å². The highest BCUT2D eigenvalue weighted by atomic mass is 32.2. The Morgan fingerprint density at radius 3 is 2.61 bits per heavy atom. The van der Waals surface area contributed by atoms with E-state index < -0.39 is 0 Å². The van der Waals surface area contributed by atoms with Gasteiger partial charge in [-0.15, -0.1) is 0 Å². The van der Waals surface area contributed by atoms with E-state index in [1.54, 1.807) is 14.2 Å². The Hall–Kier alpha value is -2.80. The lowest BCUT2D eigenvalue weighted by molar-refractivity contribution is -0.120. The zero-order valence-corrected chi connectivity index (χ0v) is 17.2. The number of thioether (sulfide) groups is 1. The average Bonchev–Trinajstić information content (AvgIpc) is 2.71. The van der Waals surface area contributed by atoms with E-state index in [9.17, 15) is 4.79 Å². The van der Waals surface area contributed by atoms with Crippen molar-refractivity contribution in [3.63, 3.8) is 0 Å². The van der Waals surface area contributed by atoms with Gasteiger partial charge in [0.1, 0.15) is 10.9 Å². The number of rotatable bonds is 7. The summed E-state index contributed by atoms with van der Waals surface area (Å²) in [6, 6.07) is 13.4. The topological polar surface area (TPSA) is 73.3 Å². The van der Waals surface area contributed by atoms with Crippen molar-refractivity contribution in [1.82, 2.24) is 15.3 Å². The number of methoxy groups -OCH3 is 2. The maximum atomic E-state index is 12.6. The Labute approximate surface area is 168 Å². The molecule has 0 aliphatic rings. The summed E-state index contributed by atoms with van der Waals surface area (Å²) in [7, 11) is 3.18. The van der Waals surface area contributed by atoms with Crippen molar-refractivity contribution in [2.45, 2.75) is 30.7 Å². The van der Waals surface area contributed by atoms with Gasteiger partial charge in [0.25, 0.3) is 0 Å². The predicted octanol–water partition coefficient (Wildman–Crippen LogP) is 3.75. The zero-order valence-electron chi connectivity index (χ0n) is 16.4. The minimum absolute atomic E-state index is 0.0554. The third-order valence-electron chi connectivity index (χ3n) is 4.25. The van der Waals surface area contributed by atoms with Crippen LogP contribution in [0.1, 0.15) is 18.3 Å². The van der Waals surface area contributed by atoms with Crippen molar-refractivity contribution in [2.24, 2.45) is 0 Å². The number of hydrogen-bond acceptors (Lipinski definition) is 6. The average molecular weight is 398 g/mol. The maximum Gasteiger partial charge on any atom is 0.233 e. The fourth-order valence-electron chi connectivity index (χ4n) is 2.79.